The fraction of sp³-hybridized carbons (Fsp3) is 0.375. The van der Waals surface area contributed by atoms with Crippen LogP contribution in [-0.2, 0) is 9.59 Å². The first-order valence-electron chi connectivity index (χ1n) is 4.29. The molecule has 0 spiro atoms. The molecule has 0 aliphatic carbocycles. The third kappa shape index (κ3) is 2.11. The number of nitrogens with one attached hydrogen (secondary N) is 1. The van der Waals surface area contributed by atoms with Crippen LogP contribution in [0.25, 0.3) is 0 Å². The summed E-state index contributed by atoms with van der Waals surface area (Å²) in [6.07, 6.45) is 0. The molecule has 0 atom stereocenters. The number of hydrogen-bond acceptors (Lipinski definition) is 5. The zero-order valence-corrected chi connectivity index (χ0v) is 8.72. The van der Waals surface area contributed by atoms with Crippen molar-refractivity contribution in [3.63, 3.8) is 0 Å². The molecule has 2 N–H and O–H groups in total. The van der Waals surface area contributed by atoms with Gasteiger partial charge in [-0.2, -0.15) is 0 Å². The highest BCUT2D eigenvalue weighted by atomic mass is 16.3. The number of urea groups is 1. The predicted octanol–water partition coefficient (Wildman–Crippen LogP) is -1.84. The van der Waals surface area contributed by atoms with Gasteiger partial charge in [-0.3, -0.25) is 24.8 Å². The monoisotopic (exact) mass is 226 g/mol. The number of aliphatic hydroxyl groups is 1. The molecule has 0 aromatic heterocycles. The zero-order valence-electron chi connectivity index (χ0n) is 8.72. The van der Waals surface area contributed by atoms with Crippen LogP contribution in [0, 0.1) is 0 Å². The van der Waals surface area contributed by atoms with Gasteiger partial charge < -0.3 is 5.11 Å². The van der Waals surface area contributed by atoms with E-state index < -0.39 is 24.5 Å². The number of carbonyl (C=O) groups excluding carboxylic acids is 3. The number of imide groups is 1. The largest absolute Gasteiger partial charge is 0.386 e. The van der Waals surface area contributed by atoms with Crippen LogP contribution in [0.15, 0.2) is 9.98 Å². The summed E-state index contributed by atoms with van der Waals surface area (Å²) in [4.78, 5) is 41.4. The third-order valence-corrected chi connectivity index (χ3v) is 1.86. The molecule has 1 heterocycles. The van der Waals surface area contributed by atoms with E-state index in [9.17, 15) is 14.4 Å². The van der Waals surface area contributed by atoms with Gasteiger partial charge in [-0.1, -0.05) is 0 Å². The summed E-state index contributed by atoms with van der Waals surface area (Å²) in [6, 6.07) is -0.652. The number of rotatable bonds is 1. The highest BCUT2D eigenvalue weighted by Gasteiger charge is 2.33. The van der Waals surface area contributed by atoms with Crippen molar-refractivity contribution in [3.05, 3.63) is 0 Å². The van der Waals surface area contributed by atoms with Gasteiger partial charge in [0.1, 0.15) is 6.61 Å². The normalized spacial score (nSPS) is 21.6. The number of nitrogens with zero attached hydrogens (tertiary/aromatic N) is 3. The van der Waals surface area contributed by atoms with Gasteiger partial charge in [0.25, 0.3) is 11.8 Å². The van der Waals surface area contributed by atoms with E-state index in [1.54, 1.807) is 0 Å². The first-order valence-corrected chi connectivity index (χ1v) is 4.29. The molecule has 16 heavy (non-hydrogen) atoms. The minimum atomic E-state index is -0.881. The Kier molecular flexibility index (Phi) is 3.46. The quantitative estimate of drug-likeness (QED) is 0.547. The highest BCUT2D eigenvalue weighted by Crippen LogP contribution is 2.00. The molecule has 0 radical (unpaired) electrons. The summed E-state index contributed by atoms with van der Waals surface area (Å²) < 4.78 is 0. The summed E-state index contributed by atoms with van der Waals surface area (Å²) in [7, 11) is 2.58. The molecule has 1 rings (SSSR count). The number of carbonyl (C=O) groups is 3. The molecule has 0 saturated carbocycles. The van der Waals surface area contributed by atoms with E-state index >= 15 is 0 Å². The minimum Gasteiger partial charge on any atom is -0.386 e. The Labute approximate surface area is 90.7 Å². The van der Waals surface area contributed by atoms with Crippen molar-refractivity contribution in [1.29, 1.82) is 0 Å². The first kappa shape index (κ1) is 12.0. The van der Waals surface area contributed by atoms with Gasteiger partial charge in [-0.25, -0.2) is 9.79 Å². The number of amides is 4. The Morgan fingerprint density at radius 1 is 1.50 bits per heavy atom. The Hall–Kier alpha value is -2.09. The van der Waals surface area contributed by atoms with Crippen LogP contribution in [0.5, 0.6) is 0 Å². The highest BCUT2D eigenvalue weighted by molar-refractivity contribution is 6.70. The van der Waals surface area contributed by atoms with Gasteiger partial charge >= 0.3 is 6.03 Å². The van der Waals surface area contributed by atoms with Crippen molar-refractivity contribution in [3.8, 4) is 0 Å². The second kappa shape index (κ2) is 4.62. The summed E-state index contributed by atoms with van der Waals surface area (Å²) in [5, 5.41) is 10.8. The molecule has 1 aliphatic heterocycles. The van der Waals surface area contributed by atoms with E-state index in [2.05, 4.69) is 15.3 Å². The predicted molar refractivity (Wildman–Crippen MR) is 54.2 cm³/mol. The lowest BCUT2D eigenvalue weighted by Crippen LogP contribution is -2.57. The second-order valence-corrected chi connectivity index (χ2v) is 2.88. The molecular weight excluding hydrogens is 216 g/mol. The fourth-order valence-corrected chi connectivity index (χ4v) is 1.02. The second-order valence-electron chi connectivity index (χ2n) is 2.88. The van der Waals surface area contributed by atoms with E-state index in [4.69, 9.17) is 5.11 Å². The maximum absolute atomic E-state index is 11.6. The summed E-state index contributed by atoms with van der Waals surface area (Å²) in [5.41, 5.74) is -0.288. The van der Waals surface area contributed by atoms with Crippen molar-refractivity contribution in [1.82, 2.24) is 10.2 Å². The number of hydrogen-bond donors (Lipinski definition) is 2. The molecule has 0 bridgehead atoms. The molecule has 0 aromatic rings. The van der Waals surface area contributed by atoms with Crippen molar-refractivity contribution in [2.75, 3.05) is 20.7 Å². The number of amidine groups is 1. The summed E-state index contributed by atoms with van der Waals surface area (Å²) in [6.45, 7) is -0.814. The SMILES string of the molecule is CN=C1NC(=O)N(C)C(=O)C1=NC(=O)CO. The maximum atomic E-state index is 11.6. The van der Waals surface area contributed by atoms with Crippen LogP contribution in [0.3, 0.4) is 0 Å². The van der Waals surface area contributed by atoms with Crippen LogP contribution >= 0.6 is 0 Å². The van der Waals surface area contributed by atoms with E-state index in [-0.39, 0.29) is 11.5 Å². The number of aliphatic hydroxyl groups excluding tert-OH is 1. The van der Waals surface area contributed by atoms with E-state index in [1.165, 1.54) is 14.1 Å². The Morgan fingerprint density at radius 2 is 2.12 bits per heavy atom. The summed E-state index contributed by atoms with van der Waals surface area (Å²) in [5.74, 6) is -1.71. The molecule has 86 valence electrons. The Morgan fingerprint density at radius 3 is 2.62 bits per heavy atom. The molecule has 1 aliphatic rings. The summed E-state index contributed by atoms with van der Waals surface area (Å²) >= 11 is 0. The molecule has 1 fully saturated rings. The lowest BCUT2D eigenvalue weighted by atomic mass is 10.2. The van der Waals surface area contributed by atoms with E-state index in [1.807, 2.05) is 0 Å². The van der Waals surface area contributed by atoms with Crippen LogP contribution < -0.4 is 5.32 Å². The molecular formula is C8H10N4O4. The molecule has 0 unspecified atom stereocenters. The minimum absolute atomic E-state index is 0.0881. The van der Waals surface area contributed by atoms with Gasteiger partial charge in [0.15, 0.2) is 11.5 Å². The van der Waals surface area contributed by atoms with Crippen molar-refractivity contribution in [2.24, 2.45) is 9.98 Å². The number of aliphatic imine (C=N–C) groups is 2. The van der Waals surface area contributed by atoms with Gasteiger partial charge in [-0.05, 0) is 0 Å². The van der Waals surface area contributed by atoms with Gasteiger partial charge in [-0.15, -0.1) is 0 Å². The van der Waals surface area contributed by atoms with Crippen molar-refractivity contribution >= 4 is 29.4 Å². The fourth-order valence-electron chi connectivity index (χ4n) is 1.02. The smallest absolute Gasteiger partial charge is 0.329 e. The average molecular weight is 226 g/mol. The standard InChI is InChI=1S/C8H10N4O4/c1-9-6-5(10-4(14)3-13)7(15)12(2)8(16)11-6/h13H,3H2,1-2H3,(H,9,11,16). The lowest BCUT2D eigenvalue weighted by molar-refractivity contribution is -0.122. The topological polar surface area (TPSA) is 111 Å². The molecule has 0 aromatic carbocycles. The lowest BCUT2D eigenvalue weighted by Gasteiger charge is -2.23. The van der Waals surface area contributed by atoms with Crippen molar-refractivity contribution < 1.29 is 19.5 Å². The van der Waals surface area contributed by atoms with Crippen LogP contribution in [0.1, 0.15) is 0 Å². The molecule has 8 nitrogen and oxygen atoms in total. The van der Waals surface area contributed by atoms with Gasteiger partial charge in [0.05, 0.1) is 0 Å². The maximum Gasteiger partial charge on any atom is 0.329 e. The van der Waals surface area contributed by atoms with E-state index in [0.717, 1.165) is 4.90 Å². The van der Waals surface area contributed by atoms with Gasteiger partial charge in [0, 0.05) is 14.1 Å². The van der Waals surface area contributed by atoms with Gasteiger partial charge in [0.2, 0.25) is 0 Å². The third-order valence-electron chi connectivity index (χ3n) is 1.86. The molecule has 4 amide bonds. The first-order chi connectivity index (χ1) is 7.51. The molecule has 1 saturated heterocycles. The van der Waals surface area contributed by atoms with E-state index in [0.29, 0.717) is 0 Å². The Bertz CT molecular complexity index is 412. The van der Waals surface area contributed by atoms with Crippen LogP contribution in [0.2, 0.25) is 0 Å². The zero-order chi connectivity index (χ0) is 12.3. The van der Waals surface area contributed by atoms with Crippen LogP contribution in [-0.4, -0.2) is 60.1 Å². The average Bonchev–Trinajstić information content (AvgIpc) is 2.29. The van der Waals surface area contributed by atoms with Crippen molar-refractivity contribution in [2.45, 2.75) is 0 Å². The molecule has 8 heteroatoms. The van der Waals surface area contributed by atoms with Crippen LogP contribution in [0.4, 0.5) is 4.79 Å². The Balaban J connectivity index is 3.14.